The van der Waals surface area contributed by atoms with Crippen molar-refractivity contribution in [2.45, 2.75) is 39.7 Å². The number of unbranched alkanes of at least 4 members (excludes halogenated alkanes) is 1. The van der Waals surface area contributed by atoms with Gasteiger partial charge in [-0.25, -0.2) is 9.78 Å². The molecule has 9 heteroatoms. The van der Waals surface area contributed by atoms with E-state index in [4.69, 9.17) is 9.47 Å². The largest absolute Gasteiger partial charge is 0.507 e. The molecule has 37 heavy (non-hydrogen) atoms. The van der Waals surface area contributed by atoms with Gasteiger partial charge in [-0.1, -0.05) is 66.6 Å². The number of thiazole rings is 1. The van der Waals surface area contributed by atoms with Crippen LogP contribution in [-0.4, -0.2) is 41.5 Å². The van der Waals surface area contributed by atoms with Crippen LogP contribution in [0.15, 0.2) is 54.1 Å². The lowest BCUT2D eigenvalue weighted by atomic mass is 9.95. The van der Waals surface area contributed by atoms with E-state index in [1.54, 1.807) is 43.3 Å². The molecule has 1 fully saturated rings. The van der Waals surface area contributed by atoms with Crippen LogP contribution in [0, 0.1) is 13.8 Å². The summed E-state index contributed by atoms with van der Waals surface area (Å²) in [5.74, 6) is -1.98. The smallest absolute Gasteiger partial charge is 0.350 e. The van der Waals surface area contributed by atoms with Crippen molar-refractivity contribution in [2.75, 3.05) is 18.6 Å². The first-order valence-corrected chi connectivity index (χ1v) is 12.7. The fourth-order valence-electron chi connectivity index (χ4n) is 4.09. The molecule has 0 saturated carbocycles. The number of amides is 1. The van der Waals surface area contributed by atoms with Crippen molar-refractivity contribution in [1.82, 2.24) is 4.98 Å². The zero-order valence-corrected chi connectivity index (χ0v) is 21.9. The molecule has 1 N–H and O–H groups in total. The van der Waals surface area contributed by atoms with Crippen LogP contribution in [0.25, 0.3) is 5.76 Å². The molecule has 0 radical (unpaired) electrons. The molecule has 1 unspecified atom stereocenters. The van der Waals surface area contributed by atoms with Crippen LogP contribution in [0.3, 0.4) is 0 Å². The van der Waals surface area contributed by atoms with E-state index < -0.39 is 23.7 Å². The molecule has 1 saturated heterocycles. The van der Waals surface area contributed by atoms with Crippen molar-refractivity contribution in [3.05, 3.63) is 81.4 Å². The Morgan fingerprint density at radius 1 is 1.14 bits per heavy atom. The number of carbonyl (C=O) groups excluding carboxylic acids is 3. The van der Waals surface area contributed by atoms with Gasteiger partial charge in [-0.2, -0.15) is 0 Å². The van der Waals surface area contributed by atoms with Gasteiger partial charge in [0.2, 0.25) is 0 Å². The van der Waals surface area contributed by atoms with E-state index in [9.17, 15) is 19.5 Å². The van der Waals surface area contributed by atoms with E-state index in [0.717, 1.165) is 29.7 Å². The molecule has 1 atom stereocenters. The minimum Gasteiger partial charge on any atom is -0.507 e. The third kappa shape index (κ3) is 5.13. The second kappa shape index (κ2) is 11.0. The Labute approximate surface area is 219 Å². The third-order valence-electron chi connectivity index (χ3n) is 6.07. The number of hydrogen-bond donors (Lipinski definition) is 1. The molecule has 2 heterocycles. The molecule has 1 aromatic heterocycles. The minimum absolute atomic E-state index is 0.0629. The molecule has 4 rings (SSSR count). The van der Waals surface area contributed by atoms with Crippen LogP contribution in [0.2, 0.25) is 0 Å². The normalized spacial score (nSPS) is 16.8. The zero-order valence-electron chi connectivity index (χ0n) is 21.1. The number of hydrogen-bond acceptors (Lipinski definition) is 8. The summed E-state index contributed by atoms with van der Waals surface area (Å²) in [4.78, 5) is 44.9. The Hall–Kier alpha value is -3.98. The fraction of sp³-hybridized carbons (Fsp3) is 0.286. The van der Waals surface area contributed by atoms with Gasteiger partial charge in [0, 0.05) is 5.56 Å². The van der Waals surface area contributed by atoms with Gasteiger partial charge in [-0.05, 0) is 38.0 Å². The van der Waals surface area contributed by atoms with Gasteiger partial charge in [-0.15, -0.1) is 0 Å². The number of aliphatic hydroxyl groups is 1. The van der Waals surface area contributed by atoms with Crippen LogP contribution in [0.4, 0.5) is 5.13 Å². The number of ketones is 1. The van der Waals surface area contributed by atoms with Crippen molar-refractivity contribution in [3.63, 3.8) is 0 Å². The fourth-order valence-corrected chi connectivity index (χ4v) is 5.10. The maximum absolute atomic E-state index is 13.4. The van der Waals surface area contributed by atoms with Crippen molar-refractivity contribution >= 4 is 39.9 Å². The highest BCUT2D eigenvalue weighted by Crippen LogP contribution is 2.44. The number of nitrogens with zero attached hydrogens (tertiary/aromatic N) is 2. The predicted molar refractivity (Wildman–Crippen MR) is 141 cm³/mol. The van der Waals surface area contributed by atoms with Gasteiger partial charge >= 0.3 is 11.9 Å². The van der Waals surface area contributed by atoms with Gasteiger partial charge in [0.1, 0.15) is 16.4 Å². The highest BCUT2D eigenvalue weighted by molar-refractivity contribution is 7.17. The number of Topliss-reactive ketones (excluding diaryl/α,β-unsaturated/α-hetero) is 1. The van der Waals surface area contributed by atoms with E-state index in [2.05, 4.69) is 11.9 Å². The number of esters is 1. The summed E-state index contributed by atoms with van der Waals surface area (Å²) < 4.78 is 10.7. The zero-order chi connectivity index (χ0) is 26.7. The molecule has 1 aliphatic rings. The molecule has 0 aliphatic carbocycles. The first-order chi connectivity index (χ1) is 17.8. The average Bonchev–Trinajstić information content (AvgIpc) is 3.40. The summed E-state index contributed by atoms with van der Waals surface area (Å²) >= 11 is 0.958. The Balaban J connectivity index is 1.89. The van der Waals surface area contributed by atoms with Crippen LogP contribution in [-0.2, 0) is 14.3 Å². The lowest BCUT2D eigenvalue weighted by molar-refractivity contribution is -0.132. The molecular formula is C28H28N2O6S. The van der Waals surface area contributed by atoms with Gasteiger partial charge < -0.3 is 14.6 Å². The number of aromatic nitrogens is 1. The second-order valence-electron chi connectivity index (χ2n) is 8.71. The van der Waals surface area contributed by atoms with Gasteiger partial charge in [0.15, 0.2) is 5.13 Å². The number of anilines is 1. The summed E-state index contributed by atoms with van der Waals surface area (Å²) in [5.41, 5.74) is 2.28. The van der Waals surface area contributed by atoms with Crippen LogP contribution in [0.1, 0.15) is 57.9 Å². The third-order valence-corrected chi connectivity index (χ3v) is 7.21. The molecule has 0 spiro atoms. The van der Waals surface area contributed by atoms with Crippen LogP contribution >= 0.6 is 11.3 Å². The molecule has 3 aromatic rings. The van der Waals surface area contributed by atoms with Crippen molar-refractivity contribution < 1.29 is 29.0 Å². The van der Waals surface area contributed by atoms with Crippen LogP contribution in [0.5, 0.6) is 5.75 Å². The van der Waals surface area contributed by atoms with E-state index in [0.29, 0.717) is 29.2 Å². The van der Waals surface area contributed by atoms with E-state index in [-0.39, 0.29) is 21.3 Å². The van der Waals surface area contributed by atoms with E-state index in [1.165, 1.54) is 12.0 Å². The lowest BCUT2D eigenvalue weighted by Gasteiger charge is -2.23. The summed E-state index contributed by atoms with van der Waals surface area (Å²) in [5, 5.41) is 11.4. The van der Waals surface area contributed by atoms with Crippen molar-refractivity contribution in [1.29, 1.82) is 0 Å². The highest BCUT2D eigenvalue weighted by Gasteiger charge is 2.48. The summed E-state index contributed by atoms with van der Waals surface area (Å²) in [6.07, 6.45) is 1.85. The number of methoxy groups -OCH3 is 1. The number of rotatable bonds is 8. The standard InChI is InChI=1S/C28H28N2O6S/c1-5-6-14-36-20-9-7-8-19(15-20)22-21(23(31)18-12-10-16(2)11-13-18)24(32)26(33)30(22)28-29-17(3)25(37-28)27(34)35-4/h7-13,15,22,31H,5-6,14H2,1-4H3. The van der Waals surface area contributed by atoms with Crippen molar-refractivity contribution in [2.24, 2.45) is 0 Å². The van der Waals surface area contributed by atoms with E-state index >= 15 is 0 Å². The minimum atomic E-state index is -0.980. The van der Waals surface area contributed by atoms with Gasteiger partial charge in [0.05, 0.1) is 31.0 Å². The Bertz CT molecular complexity index is 1380. The number of ether oxygens (including phenoxy) is 2. The topological polar surface area (TPSA) is 106 Å². The molecular weight excluding hydrogens is 492 g/mol. The lowest BCUT2D eigenvalue weighted by Crippen LogP contribution is -2.29. The molecule has 8 nitrogen and oxygen atoms in total. The number of benzene rings is 2. The van der Waals surface area contributed by atoms with Crippen LogP contribution < -0.4 is 9.64 Å². The van der Waals surface area contributed by atoms with Gasteiger partial charge in [-0.3, -0.25) is 14.5 Å². The molecule has 192 valence electrons. The Morgan fingerprint density at radius 2 is 1.86 bits per heavy atom. The second-order valence-corrected chi connectivity index (χ2v) is 9.69. The number of aliphatic hydroxyl groups excluding tert-OH is 1. The molecule has 1 amide bonds. The monoisotopic (exact) mass is 520 g/mol. The predicted octanol–water partition coefficient (Wildman–Crippen LogP) is 5.35. The Morgan fingerprint density at radius 3 is 2.54 bits per heavy atom. The van der Waals surface area contributed by atoms with Crippen molar-refractivity contribution in [3.8, 4) is 5.75 Å². The summed E-state index contributed by atoms with van der Waals surface area (Å²) in [6, 6.07) is 13.1. The maximum atomic E-state index is 13.4. The average molecular weight is 521 g/mol. The quantitative estimate of drug-likeness (QED) is 0.140. The first-order valence-electron chi connectivity index (χ1n) is 11.9. The highest BCUT2D eigenvalue weighted by atomic mass is 32.1. The van der Waals surface area contributed by atoms with Gasteiger partial charge in [0.25, 0.3) is 5.78 Å². The SMILES string of the molecule is CCCCOc1cccc(C2C(=C(O)c3ccc(C)cc3)C(=O)C(=O)N2c2nc(C)c(C(=O)OC)s2)c1. The molecule has 1 aliphatic heterocycles. The molecule has 0 bridgehead atoms. The number of aryl methyl sites for hydroxylation is 2. The summed E-state index contributed by atoms with van der Waals surface area (Å²) in [7, 11) is 1.26. The maximum Gasteiger partial charge on any atom is 0.350 e. The Kier molecular flexibility index (Phi) is 7.73. The molecule has 2 aromatic carbocycles. The summed E-state index contributed by atoms with van der Waals surface area (Å²) in [6.45, 7) is 6.14. The van der Waals surface area contributed by atoms with E-state index in [1.807, 2.05) is 19.1 Å². The first kappa shape index (κ1) is 26.1. The number of carbonyl (C=O) groups is 3.